The van der Waals surface area contributed by atoms with Gasteiger partial charge in [0.15, 0.2) is 11.6 Å². The van der Waals surface area contributed by atoms with Gasteiger partial charge in [-0.3, -0.25) is 4.79 Å². The van der Waals surface area contributed by atoms with Gasteiger partial charge in [-0.2, -0.15) is 0 Å². The van der Waals surface area contributed by atoms with E-state index < -0.39 is 5.97 Å². The van der Waals surface area contributed by atoms with Crippen LogP contribution in [0.4, 0.5) is 10.1 Å². The van der Waals surface area contributed by atoms with E-state index in [1.807, 2.05) is 11.9 Å². The van der Waals surface area contributed by atoms with Gasteiger partial charge in [-0.25, -0.2) is 4.39 Å². The molecule has 0 radical (unpaired) electrons. The van der Waals surface area contributed by atoms with Crippen molar-refractivity contribution in [3.05, 3.63) is 24.0 Å². The van der Waals surface area contributed by atoms with Gasteiger partial charge in [0.25, 0.3) is 0 Å². The first-order valence-corrected chi connectivity index (χ1v) is 5.45. The topological polar surface area (TPSA) is 49.8 Å². The van der Waals surface area contributed by atoms with Crippen molar-refractivity contribution in [1.29, 1.82) is 0 Å². The molecule has 0 spiro atoms. The Bertz CT molecular complexity index is 436. The first-order valence-electron chi connectivity index (χ1n) is 5.45. The standard InChI is InChI=1S/C12H14FNO3/c1-14-8(5-6-11(15)16)7-17-12-9(13)3-2-4-10(12)14/h2-4,8H,5-7H2,1H3,(H,15,16). The molecular weight excluding hydrogens is 225 g/mol. The Kier molecular flexibility index (Phi) is 3.17. The zero-order valence-corrected chi connectivity index (χ0v) is 9.52. The zero-order valence-electron chi connectivity index (χ0n) is 9.52. The maximum absolute atomic E-state index is 13.4. The third kappa shape index (κ3) is 2.33. The molecule has 1 heterocycles. The number of benzene rings is 1. The summed E-state index contributed by atoms with van der Waals surface area (Å²) in [6, 6.07) is 4.71. The number of fused-ring (bicyclic) bond motifs is 1. The zero-order chi connectivity index (χ0) is 12.4. The van der Waals surface area contributed by atoms with Crippen LogP contribution in [-0.2, 0) is 4.79 Å². The van der Waals surface area contributed by atoms with Crippen molar-refractivity contribution < 1.29 is 19.0 Å². The number of rotatable bonds is 3. The number of para-hydroxylation sites is 1. The molecule has 1 unspecified atom stereocenters. The number of aliphatic carboxylic acids is 1. The van der Waals surface area contributed by atoms with Crippen LogP contribution >= 0.6 is 0 Å². The lowest BCUT2D eigenvalue weighted by Gasteiger charge is -2.35. The highest BCUT2D eigenvalue weighted by Crippen LogP contribution is 2.35. The molecule has 17 heavy (non-hydrogen) atoms. The van der Waals surface area contributed by atoms with Crippen LogP contribution in [0.15, 0.2) is 18.2 Å². The number of carboxylic acid groups (broad SMARTS) is 1. The van der Waals surface area contributed by atoms with Crippen molar-refractivity contribution in [1.82, 2.24) is 0 Å². The molecule has 4 nitrogen and oxygen atoms in total. The van der Waals surface area contributed by atoms with Crippen molar-refractivity contribution in [3.8, 4) is 5.75 Å². The summed E-state index contributed by atoms with van der Waals surface area (Å²) in [4.78, 5) is 12.4. The molecule has 1 atom stereocenters. The number of carboxylic acids is 1. The normalized spacial score (nSPS) is 18.5. The van der Waals surface area contributed by atoms with Crippen molar-refractivity contribution in [2.75, 3.05) is 18.6 Å². The van der Waals surface area contributed by atoms with Crippen LogP contribution < -0.4 is 9.64 Å². The second-order valence-electron chi connectivity index (χ2n) is 4.10. The summed E-state index contributed by atoms with van der Waals surface area (Å²) >= 11 is 0. The van der Waals surface area contributed by atoms with E-state index in [9.17, 15) is 9.18 Å². The lowest BCUT2D eigenvalue weighted by molar-refractivity contribution is -0.137. The van der Waals surface area contributed by atoms with E-state index in [-0.39, 0.29) is 24.0 Å². The van der Waals surface area contributed by atoms with Gasteiger partial charge in [0.2, 0.25) is 0 Å². The smallest absolute Gasteiger partial charge is 0.303 e. The number of halogens is 1. The Morgan fingerprint density at radius 1 is 1.65 bits per heavy atom. The minimum absolute atomic E-state index is 0.0274. The van der Waals surface area contributed by atoms with Crippen LogP contribution in [0.1, 0.15) is 12.8 Å². The highest BCUT2D eigenvalue weighted by Gasteiger charge is 2.26. The van der Waals surface area contributed by atoms with Crippen LogP contribution in [0.3, 0.4) is 0 Å². The van der Waals surface area contributed by atoms with Gasteiger partial charge in [0.1, 0.15) is 6.61 Å². The Balaban J connectivity index is 2.15. The predicted molar refractivity (Wildman–Crippen MR) is 61.0 cm³/mol. The Hall–Kier alpha value is -1.78. The molecule has 0 bridgehead atoms. The van der Waals surface area contributed by atoms with Crippen LogP contribution in [-0.4, -0.2) is 30.8 Å². The lowest BCUT2D eigenvalue weighted by atomic mass is 10.1. The fourth-order valence-corrected chi connectivity index (χ4v) is 1.97. The van der Waals surface area contributed by atoms with Gasteiger partial charge in [-0.05, 0) is 18.6 Å². The summed E-state index contributed by atoms with van der Waals surface area (Å²) < 4.78 is 18.8. The molecule has 1 aromatic carbocycles. The van der Waals surface area contributed by atoms with E-state index in [1.165, 1.54) is 6.07 Å². The van der Waals surface area contributed by atoms with Crippen LogP contribution in [0, 0.1) is 5.82 Å². The maximum atomic E-state index is 13.4. The first-order chi connectivity index (χ1) is 8.09. The molecule has 0 saturated heterocycles. The number of hydrogen-bond acceptors (Lipinski definition) is 3. The number of ether oxygens (including phenoxy) is 1. The van der Waals surface area contributed by atoms with Crippen LogP contribution in [0.5, 0.6) is 5.75 Å². The van der Waals surface area contributed by atoms with Gasteiger partial charge in [-0.15, -0.1) is 0 Å². The molecule has 5 heteroatoms. The summed E-state index contributed by atoms with van der Waals surface area (Å²) in [5.74, 6) is -0.962. The summed E-state index contributed by atoms with van der Waals surface area (Å²) in [5.41, 5.74) is 0.673. The number of nitrogens with zero attached hydrogens (tertiary/aromatic N) is 1. The molecule has 1 aliphatic heterocycles. The third-order valence-electron chi connectivity index (χ3n) is 2.99. The Morgan fingerprint density at radius 3 is 3.12 bits per heavy atom. The van der Waals surface area contributed by atoms with E-state index in [2.05, 4.69) is 0 Å². The first kappa shape index (κ1) is 11.7. The van der Waals surface area contributed by atoms with E-state index >= 15 is 0 Å². The minimum Gasteiger partial charge on any atom is -0.486 e. The van der Waals surface area contributed by atoms with Crippen molar-refractivity contribution in [2.45, 2.75) is 18.9 Å². The van der Waals surface area contributed by atoms with Gasteiger partial charge < -0.3 is 14.7 Å². The molecule has 2 rings (SSSR count). The molecule has 92 valence electrons. The molecule has 0 saturated carbocycles. The molecule has 1 N–H and O–H groups in total. The molecule has 0 amide bonds. The molecular formula is C12H14FNO3. The van der Waals surface area contributed by atoms with Crippen molar-refractivity contribution >= 4 is 11.7 Å². The molecule has 0 aliphatic carbocycles. The molecule has 1 aliphatic rings. The number of likely N-dealkylation sites (N-methyl/N-ethyl adjacent to an activating group) is 1. The Labute approximate surface area is 98.6 Å². The van der Waals surface area contributed by atoms with Crippen LogP contribution in [0.2, 0.25) is 0 Å². The lowest BCUT2D eigenvalue weighted by Crippen LogP contribution is -2.40. The number of hydrogen-bond donors (Lipinski definition) is 1. The maximum Gasteiger partial charge on any atom is 0.303 e. The molecule has 1 aromatic rings. The second kappa shape index (κ2) is 4.61. The predicted octanol–water partition coefficient (Wildman–Crippen LogP) is 1.89. The average Bonchev–Trinajstić information content (AvgIpc) is 2.29. The van der Waals surface area contributed by atoms with Gasteiger partial charge >= 0.3 is 5.97 Å². The third-order valence-corrected chi connectivity index (χ3v) is 2.99. The average molecular weight is 239 g/mol. The van der Waals surface area contributed by atoms with E-state index in [4.69, 9.17) is 9.84 Å². The van der Waals surface area contributed by atoms with Gasteiger partial charge in [-0.1, -0.05) is 6.07 Å². The van der Waals surface area contributed by atoms with Crippen LogP contribution in [0.25, 0.3) is 0 Å². The second-order valence-corrected chi connectivity index (χ2v) is 4.10. The van der Waals surface area contributed by atoms with Crippen molar-refractivity contribution in [2.24, 2.45) is 0 Å². The number of carbonyl (C=O) groups is 1. The monoisotopic (exact) mass is 239 g/mol. The molecule has 0 aromatic heterocycles. The largest absolute Gasteiger partial charge is 0.486 e. The van der Waals surface area contributed by atoms with Gasteiger partial charge in [0, 0.05) is 13.5 Å². The number of anilines is 1. The van der Waals surface area contributed by atoms with E-state index in [0.29, 0.717) is 18.7 Å². The summed E-state index contributed by atoms with van der Waals surface area (Å²) in [5, 5.41) is 8.65. The van der Waals surface area contributed by atoms with Gasteiger partial charge in [0.05, 0.1) is 11.7 Å². The molecule has 0 fully saturated rings. The van der Waals surface area contributed by atoms with E-state index in [1.54, 1.807) is 12.1 Å². The fraction of sp³-hybridized carbons (Fsp3) is 0.417. The highest BCUT2D eigenvalue weighted by molar-refractivity contribution is 5.67. The summed E-state index contributed by atoms with van der Waals surface area (Å²) in [7, 11) is 1.83. The highest BCUT2D eigenvalue weighted by atomic mass is 19.1. The summed E-state index contributed by atoms with van der Waals surface area (Å²) in [6.07, 6.45) is 0.574. The summed E-state index contributed by atoms with van der Waals surface area (Å²) in [6.45, 7) is 0.317. The van der Waals surface area contributed by atoms with Crippen molar-refractivity contribution in [3.63, 3.8) is 0 Å². The SMILES string of the molecule is CN1c2cccc(F)c2OCC1CCC(=O)O. The van der Waals surface area contributed by atoms with E-state index in [0.717, 1.165) is 0 Å². The Morgan fingerprint density at radius 2 is 2.41 bits per heavy atom. The fourth-order valence-electron chi connectivity index (χ4n) is 1.97. The quantitative estimate of drug-likeness (QED) is 0.875. The minimum atomic E-state index is -0.830.